The van der Waals surface area contributed by atoms with Crippen molar-refractivity contribution in [3.63, 3.8) is 0 Å². The molecule has 2 rings (SSSR count). The topological polar surface area (TPSA) is 51.5 Å². The Bertz CT molecular complexity index is 486. The van der Waals surface area contributed by atoms with Gasteiger partial charge in [-0.1, -0.05) is 0 Å². The molecular formula is C14H16BrNO3. The summed E-state index contributed by atoms with van der Waals surface area (Å²) in [5.74, 6) is 0.715. The first kappa shape index (κ1) is 14.3. The molecule has 0 radical (unpaired) electrons. The first-order chi connectivity index (χ1) is 9.12. The zero-order valence-electron chi connectivity index (χ0n) is 11.0. The molecule has 0 aliphatic heterocycles. The van der Waals surface area contributed by atoms with Crippen LogP contribution in [0.15, 0.2) is 22.7 Å². The first-order valence-electron chi connectivity index (χ1n) is 6.05. The molecule has 1 saturated carbocycles. The maximum atomic E-state index is 8.94. The van der Waals surface area contributed by atoms with Gasteiger partial charge in [0.1, 0.15) is 11.8 Å². The molecule has 4 nitrogen and oxygen atoms in total. The summed E-state index contributed by atoms with van der Waals surface area (Å²) >= 11 is 3.32. The number of benzene rings is 1. The Morgan fingerprint density at radius 3 is 2.63 bits per heavy atom. The van der Waals surface area contributed by atoms with Crippen molar-refractivity contribution < 1.29 is 14.2 Å². The highest BCUT2D eigenvalue weighted by Gasteiger charge is 2.45. The molecule has 0 amide bonds. The highest BCUT2D eigenvalue weighted by atomic mass is 79.9. The highest BCUT2D eigenvalue weighted by molar-refractivity contribution is 9.10. The van der Waals surface area contributed by atoms with E-state index in [1.54, 1.807) is 20.3 Å². The molecule has 0 heterocycles. The lowest BCUT2D eigenvalue weighted by atomic mass is 9.79. The van der Waals surface area contributed by atoms with E-state index in [0.29, 0.717) is 23.8 Å². The Morgan fingerprint density at radius 1 is 1.37 bits per heavy atom. The second-order valence-corrected chi connectivity index (χ2v) is 5.51. The van der Waals surface area contributed by atoms with E-state index in [1.165, 1.54) is 0 Å². The summed E-state index contributed by atoms with van der Waals surface area (Å²) in [6, 6.07) is 7.53. The van der Waals surface area contributed by atoms with Gasteiger partial charge >= 0.3 is 0 Å². The molecule has 0 unspecified atom stereocenters. The van der Waals surface area contributed by atoms with Gasteiger partial charge in [-0.3, -0.25) is 0 Å². The Kier molecular flexibility index (Phi) is 4.46. The monoisotopic (exact) mass is 325 g/mol. The summed E-state index contributed by atoms with van der Waals surface area (Å²) < 4.78 is 17.1. The van der Waals surface area contributed by atoms with Crippen molar-refractivity contribution in [1.29, 1.82) is 5.26 Å². The fourth-order valence-corrected chi connectivity index (χ4v) is 2.58. The predicted octanol–water partition coefficient (Wildman–Crippen LogP) is 3.10. The average Bonchev–Trinajstić information content (AvgIpc) is 2.39. The zero-order valence-corrected chi connectivity index (χ0v) is 12.6. The molecule has 1 aromatic rings. The summed E-state index contributed by atoms with van der Waals surface area (Å²) in [6.07, 6.45) is 1.67. The molecule has 1 aliphatic carbocycles. The van der Waals surface area contributed by atoms with E-state index in [1.807, 2.05) is 12.1 Å². The summed E-state index contributed by atoms with van der Waals surface area (Å²) in [7, 11) is 3.32. The van der Waals surface area contributed by atoms with Crippen LogP contribution >= 0.6 is 15.9 Å². The molecule has 0 N–H and O–H groups in total. The molecule has 5 heteroatoms. The molecule has 1 aromatic carbocycles. The SMILES string of the molecule is COC1(OC)CC(COc2ccc(Br)c(C#N)c2)C1. The lowest BCUT2D eigenvalue weighted by molar-refractivity contribution is -0.272. The minimum Gasteiger partial charge on any atom is -0.493 e. The third-order valence-corrected chi connectivity index (χ3v) is 4.18. The lowest BCUT2D eigenvalue weighted by Crippen LogP contribution is -2.49. The van der Waals surface area contributed by atoms with Crippen molar-refractivity contribution in [3.8, 4) is 11.8 Å². The lowest BCUT2D eigenvalue weighted by Gasteiger charge is -2.44. The number of methoxy groups -OCH3 is 2. The number of nitrogens with zero attached hydrogens (tertiary/aromatic N) is 1. The molecule has 1 aliphatic rings. The molecule has 102 valence electrons. The van der Waals surface area contributed by atoms with Gasteiger partial charge in [-0.2, -0.15) is 5.26 Å². The van der Waals surface area contributed by atoms with Crippen molar-refractivity contribution in [3.05, 3.63) is 28.2 Å². The van der Waals surface area contributed by atoms with Gasteiger partial charge in [-0.25, -0.2) is 0 Å². The van der Waals surface area contributed by atoms with E-state index >= 15 is 0 Å². The first-order valence-corrected chi connectivity index (χ1v) is 6.84. The molecular weight excluding hydrogens is 310 g/mol. The van der Waals surface area contributed by atoms with E-state index in [-0.39, 0.29) is 0 Å². The molecule has 0 spiro atoms. The Morgan fingerprint density at radius 2 is 2.05 bits per heavy atom. The van der Waals surface area contributed by atoms with Crippen molar-refractivity contribution >= 4 is 15.9 Å². The normalized spacial score (nSPS) is 17.6. The van der Waals surface area contributed by atoms with Crippen LogP contribution in [0.2, 0.25) is 0 Å². The number of hydrogen-bond donors (Lipinski definition) is 0. The number of rotatable bonds is 5. The Balaban J connectivity index is 1.86. The van der Waals surface area contributed by atoms with Crippen molar-refractivity contribution in [2.24, 2.45) is 5.92 Å². The van der Waals surface area contributed by atoms with Gasteiger partial charge in [-0.15, -0.1) is 0 Å². The van der Waals surface area contributed by atoms with Gasteiger partial charge in [0.15, 0.2) is 5.79 Å². The smallest absolute Gasteiger partial charge is 0.168 e. The van der Waals surface area contributed by atoms with Crippen LogP contribution in [0.1, 0.15) is 18.4 Å². The van der Waals surface area contributed by atoms with E-state index in [2.05, 4.69) is 22.0 Å². The van der Waals surface area contributed by atoms with Crippen LogP contribution in [-0.2, 0) is 9.47 Å². The minimum absolute atomic E-state index is 0.425. The summed E-state index contributed by atoms with van der Waals surface area (Å²) in [4.78, 5) is 0. The largest absolute Gasteiger partial charge is 0.493 e. The third kappa shape index (κ3) is 3.08. The second kappa shape index (κ2) is 5.91. The third-order valence-electron chi connectivity index (χ3n) is 3.49. The van der Waals surface area contributed by atoms with Crippen LogP contribution in [-0.4, -0.2) is 26.6 Å². The van der Waals surface area contributed by atoms with Crippen molar-refractivity contribution in [2.75, 3.05) is 20.8 Å². The fraction of sp³-hybridized carbons (Fsp3) is 0.500. The fourth-order valence-electron chi connectivity index (χ4n) is 2.25. The maximum absolute atomic E-state index is 8.94. The standard InChI is InChI=1S/C14H16BrNO3/c1-17-14(18-2)6-10(7-14)9-19-12-3-4-13(15)11(5-12)8-16/h3-5,10H,6-7,9H2,1-2H3. The minimum atomic E-state index is -0.425. The predicted molar refractivity (Wildman–Crippen MR) is 73.8 cm³/mol. The van der Waals surface area contributed by atoms with Gasteiger partial charge in [0, 0.05) is 37.5 Å². The van der Waals surface area contributed by atoms with Gasteiger partial charge < -0.3 is 14.2 Å². The molecule has 0 bridgehead atoms. The quantitative estimate of drug-likeness (QED) is 0.780. The van der Waals surface area contributed by atoms with Crippen LogP contribution in [0.25, 0.3) is 0 Å². The van der Waals surface area contributed by atoms with Crippen LogP contribution < -0.4 is 4.74 Å². The summed E-state index contributed by atoms with van der Waals surface area (Å²) in [6.45, 7) is 0.612. The van der Waals surface area contributed by atoms with Crippen molar-refractivity contribution in [2.45, 2.75) is 18.6 Å². The Hall–Kier alpha value is -1.09. The molecule has 0 saturated heterocycles. The molecule has 19 heavy (non-hydrogen) atoms. The number of ether oxygens (including phenoxy) is 3. The van der Waals surface area contributed by atoms with Crippen LogP contribution in [0.5, 0.6) is 5.75 Å². The van der Waals surface area contributed by atoms with E-state index < -0.39 is 5.79 Å². The van der Waals surface area contributed by atoms with E-state index in [4.69, 9.17) is 19.5 Å². The average molecular weight is 326 g/mol. The number of nitriles is 1. The van der Waals surface area contributed by atoms with Crippen LogP contribution in [0.4, 0.5) is 0 Å². The van der Waals surface area contributed by atoms with Gasteiger partial charge in [0.2, 0.25) is 0 Å². The second-order valence-electron chi connectivity index (χ2n) is 4.66. The Labute approximate surface area is 121 Å². The maximum Gasteiger partial charge on any atom is 0.168 e. The highest BCUT2D eigenvalue weighted by Crippen LogP contribution is 2.41. The van der Waals surface area contributed by atoms with E-state index in [9.17, 15) is 0 Å². The van der Waals surface area contributed by atoms with Crippen LogP contribution in [0, 0.1) is 17.2 Å². The molecule has 0 aromatic heterocycles. The van der Waals surface area contributed by atoms with Gasteiger partial charge in [0.25, 0.3) is 0 Å². The number of hydrogen-bond acceptors (Lipinski definition) is 4. The van der Waals surface area contributed by atoms with Gasteiger partial charge in [0.05, 0.1) is 12.2 Å². The van der Waals surface area contributed by atoms with Crippen LogP contribution in [0.3, 0.4) is 0 Å². The molecule has 0 atom stereocenters. The number of halogens is 1. The molecule has 1 fully saturated rings. The summed E-state index contributed by atoms with van der Waals surface area (Å²) in [5.41, 5.74) is 0.578. The van der Waals surface area contributed by atoms with E-state index in [0.717, 1.165) is 17.3 Å². The van der Waals surface area contributed by atoms with Crippen molar-refractivity contribution in [1.82, 2.24) is 0 Å². The zero-order chi connectivity index (χ0) is 13.9. The summed E-state index contributed by atoms with van der Waals surface area (Å²) in [5, 5.41) is 8.94. The van der Waals surface area contributed by atoms with Gasteiger partial charge in [-0.05, 0) is 34.1 Å².